The van der Waals surface area contributed by atoms with Gasteiger partial charge in [-0.15, -0.1) is 0 Å². The zero-order valence-corrected chi connectivity index (χ0v) is 12.7. The number of sulfonamides is 1. The fourth-order valence-corrected chi connectivity index (χ4v) is 3.35. The Morgan fingerprint density at radius 3 is 2.21 bits per heavy atom. The van der Waals surface area contributed by atoms with E-state index in [4.69, 9.17) is 5.11 Å². The minimum atomic E-state index is -3.49. The van der Waals surface area contributed by atoms with Crippen molar-refractivity contribution in [2.45, 2.75) is 38.0 Å². The summed E-state index contributed by atoms with van der Waals surface area (Å²) in [7, 11) is -3.49. The maximum Gasteiger partial charge on any atom is 0.243 e. The quantitative estimate of drug-likeness (QED) is 0.835. The SMILES string of the molecule is CCC(C)c1ccc(S(=O)(=O)N(CC)CCO)cc1. The highest BCUT2D eigenvalue weighted by molar-refractivity contribution is 7.89. The van der Waals surface area contributed by atoms with Crippen molar-refractivity contribution in [3.05, 3.63) is 29.8 Å². The van der Waals surface area contributed by atoms with Crippen molar-refractivity contribution >= 4 is 10.0 Å². The Labute approximate surface area is 116 Å². The van der Waals surface area contributed by atoms with E-state index in [1.54, 1.807) is 19.1 Å². The highest BCUT2D eigenvalue weighted by Gasteiger charge is 2.22. The van der Waals surface area contributed by atoms with Crippen LogP contribution in [0.2, 0.25) is 0 Å². The monoisotopic (exact) mass is 285 g/mol. The lowest BCUT2D eigenvalue weighted by molar-refractivity contribution is 0.257. The maximum absolute atomic E-state index is 12.3. The van der Waals surface area contributed by atoms with Crippen LogP contribution in [0.25, 0.3) is 0 Å². The third kappa shape index (κ3) is 3.78. The number of likely N-dealkylation sites (N-methyl/N-ethyl adjacent to an activating group) is 1. The molecule has 0 radical (unpaired) electrons. The zero-order valence-electron chi connectivity index (χ0n) is 11.8. The summed E-state index contributed by atoms with van der Waals surface area (Å²) in [4.78, 5) is 0.287. The van der Waals surface area contributed by atoms with E-state index in [1.165, 1.54) is 4.31 Å². The Morgan fingerprint density at radius 1 is 1.21 bits per heavy atom. The third-order valence-corrected chi connectivity index (χ3v) is 5.39. The van der Waals surface area contributed by atoms with Gasteiger partial charge >= 0.3 is 0 Å². The van der Waals surface area contributed by atoms with E-state index >= 15 is 0 Å². The van der Waals surface area contributed by atoms with Crippen molar-refractivity contribution in [1.82, 2.24) is 4.31 Å². The summed E-state index contributed by atoms with van der Waals surface area (Å²) in [6.07, 6.45) is 1.03. The van der Waals surface area contributed by atoms with Crippen LogP contribution in [-0.4, -0.2) is 37.5 Å². The molecule has 0 aliphatic carbocycles. The molecule has 0 saturated carbocycles. The Kier molecular flexibility index (Phi) is 5.97. The highest BCUT2D eigenvalue weighted by atomic mass is 32.2. The first-order chi connectivity index (χ1) is 8.97. The molecular weight excluding hydrogens is 262 g/mol. The number of aliphatic hydroxyl groups is 1. The molecule has 0 aliphatic rings. The van der Waals surface area contributed by atoms with Crippen LogP contribution in [0.5, 0.6) is 0 Å². The molecule has 0 saturated heterocycles. The molecule has 0 spiro atoms. The van der Waals surface area contributed by atoms with Crippen LogP contribution in [0.4, 0.5) is 0 Å². The first-order valence-corrected chi connectivity index (χ1v) is 8.12. The number of rotatable bonds is 7. The maximum atomic E-state index is 12.3. The van der Waals surface area contributed by atoms with Crippen molar-refractivity contribution in [3.63, 3.8) is 0 Å². The summed E-state index contributed by atoms with van der Waals surface area (Å²) >= 11 is 0. The Balaban J connectivity index is 3.02. The lowest BCUT2D eigenvalue weighted by atomic mass is 9.99. The van der Waals surface area contributed by atoms with E-state index in [1.807, 2.05) is 12.1 Å². The van der Waals surface area contributed by atoms with Gasteiger partial charge < -0.3 is 5.11 Å². The summed E-state index contributed by atoms with van der Waals surface area (Å²) in [5, 5.41) is 8.92. The second-order valence-electron chi connectivity index (χ2n) is 4.60. The van der Waals surface area contributed by atoms with Gasteiger partial charge in [0.05, 0.1) is 11.5 Å². The van der Waals surface area contributed by atoms with Crippen LogP contribution in [-0.2, 0) is 10.0 Å². The Hall–Kier alpha value is -0.910. The first-order valence-electron chi connectivity index (χ1n) is 6.68. The van der Waals surface area contributed by atoms with Crippen LogP contribution in [0.3, 0.4) is 0 Å². The molecule has 19 heavy (non-hydrogen) atoms. The average molecular weight is 285 g/mol. The second kappa shape index (κ2) is 7.03. The number of nitrogens with zero attached hydrogens (tertiary/aromatic N) is 1. The standard InChI is InChI=1S/C14H23NO3S/c1-4-12(3)13-6-8-14(9-7-13)19(17,18)15(5-2)10-11-16/h6-9,12,16H,4-5,10-11H2,1-3H3. The molecule has 0 aliphatic heterocycles. The van der Waals surface area contributed by atoms with E-state index in [0.717, 1.165) is 12.0 Å². The molecule has 0 bridgehead atoms. The number of hydrogen-bond acceptors (Lipinski definition) is 3. The summed E-state index contributed by atoms with van der Waals surface area (Å²) in [6.45, 7) is 6.31. The van der Waals surface area contributed by atoms with Crippen LogP contribution < -0.4 is 0 Å². The molecule has 1 unspecified atom stereocenters. The fraction of sp³-hybridized carbons (Fsp3) is 0.571. The highest BCUT2D eigenvalue weighted by Crippen LogP contribution is 2.22. The molecule has 4 nitrogen and oxygen atoms in total. The van der Waals surface area contributed by atoms with Crippen molar-refractivity contribution in [1.29, 1.82) is 0 Å². The van der Waals surface area contributed by atoms with E-state index < -0.39 is 10.0 Å². The van der Waals surface area contributed by atoms with Gasteiger partial charge in [0.2, 0.25) is 10.0 Å². The van der Waals surface area contributed by atoms with Gasteiger partial charge in [0.25, 0.3) is 0 Å². The molecule has 1 N–H and O–H groups in total. The predicted molar refractivity (Wildman–Crippen MR) is 76.7 cm³/mol. The van der Waals surface area contributed by atoms with Gasteiger partial charge in [0.15, 0.2) is 0 Å². The van der Waals surface area contributed by atoms with Crippen molar-refractivity contribution in [2.24, 2.45) is 0 Å². The number of benzene rings is 1. The molecule has 1 aromatic carbocycles. The predicted octanol–water partition coefficient (Wildman–Crippen LogP) is 2.20. The first kappa shape index (κ1) is 16.1. The minimum absolute atomic E-state index is 0.131. The van der Waals surface area contributed by atoms with Gasteiger partial charge in [-0.3, -0.25) is 0 Å². The Morgan fingerprint density at radius 2 is 1.79 bits per heavy atom. The number of aliphatic hydroxyl groups excluding tert-OH is 1. The second-order valence-corrected chi connectivity index (χ2v) is 6.54. The van der Waals surface area contributed by atoms with E-state index in [-0.39, 0.29) is 18.0 Å². The summed E-state index contributed by atoms with van der Waals surface area (Å²) in [5.41, 5.74) is 1.15. The van der Waals surface area contributed by atoms with E-state index in [0.29, 0.717) is 12.5 Å². The molecular formula is C14H23NO3S. The normalized spacial score (nSPS) is 13.7. The van der Waals surface area contributed by atoms with Crippen LogP contribution in [0.1, 0.15) is 38.7 Å². The lowest BCUT2D eigenvalue weighted by Crippen LogP contribution is -2.33. The molecule has 1 atom stereocenters. The van der Waals surface area contributed by atoms with E-state index in [9.17, 15) is 8.42 Å². The van der Waals surface area contributed by atoms with Gasteiger partial charge in [-0.05, 0) is 30.0 Å². The molecule has 1 rings (SSSR count). The van der Waals surface area contributed by atoms with Gasteiger partial charge in [0.1, 0.15) is 0 Å². The van der Waals surface area contributed by atoms with Crippen LogP contribution in [0.15, 0.2) is 29.2 Å². The van der Waals surface area contributed by atoms with Gasteiger partial charge in [0, 0.05) is 13.1 Å². The van der Waals surface area contributed by atoms with Crippen molar-refractivity contribution < 1.29 is 13.5 Å². The van der Waals surface area contributed by atoms with Crippen LogP contribution >= 0.6 is 0 Å². The zero-order chi connectivity index (χ0) is 14.5. The molecule has 0 fully saturated rings. The smallest absolute Gasteiger partial charge is 0.243 e. The van der Waals surface area contributed by atoms with Crippen molar-refractivity contribution in [3.8, 4) is 0 Å². The molecule has 0 heterocycles. The molecule has 108 valence electrons. The molecule has 1 aromatic rings. The lowest BCUT2D eigenvalue weighted by Gasteiger charge is -2.19. The Bertz CT molecular complexity index is 482. The van der Waals surface area contributed by atoms with Crippen molar-refractivity contribution in [2.75, 3.05) is 19.7 Å². The molecule has 5 heteroatoms. The fourth-order valence-electron chi connectivity index (χ4n) is 1.91. The van der Waals surface area contributed by atoms with Gasteiger partial charge in [-0.1, -0.05) is 32.9 Å². The van der Waals surface area contributed by atoms with Crippen LogP contribution in [0, 0.1) is 0 Å². The number of hydrogen-bond donors (Lipinski definition) is 1. The average Bonchev–Trinajstić information content (AvgIpc) is 2.43. The topological polar surface area (TPSA) is 57.6 Å². The summed E-state index contributed by atoms with van der Waals surface area (Å²) < 4.78 is 25.9. The summed E-state index contributed by atoms with van der Waals surface area (Å²) in [5.74, 6) is 0.427. The van der Waals surface area contributed by atoms with Gasteiger partial charge in [-0.25, -0.2) is 8.42 Å². The van der Waals surface area contributed by atoms with Gasteiger partial charge in [-0.2, -0.15) is 4.31 Å². The summed E-state index contributed by atoms with van der Waals surface area (Å²) in [6, 6.07) is 7.04. The molecule has 0 amide bonds. The third-order valence-electron chi connectivity index (χ3n) is 3.40. The molecule has 0 aromatic heterocycles. The van der Waals surface area contributed by atoms with E-state index in [2.05, 4.69) is 13.8 Å². The largest absolute Gasteiger partial charge is 0.395 e. The minimum Gasteiger partial charge on any atom is -0.395 e.